The number of nitrogens with zero attached hydrogens (tertiary/aromatic N) is 3. The van der Waals surface area contributed by atoms with Crippen LogP contribution in [-0.4, -0.2) is 56.2 Å². The lowest BCUT2D eigenvalue weighted by Crippen LogP contribution is -2.45. The van der Waals surface area contributed by atoms with Crippen molar-refractivity contribution in [1.82, 2.24) is 15.6 Å². The Morgan fingerprint density at radius 2 is 2.27 bits per heavy atom. The number of amides is 1. The SMILES string of the molecule is CCNC(=NCC(=O)Nc1cccnc1)NC1CCN(c2cc(Cl)ccc2OC)C1. The largest absolute Gasteiger partial charge is 0.495 e. The quantitative estimate of drug-likeness (QED) is 0.462. The third-order valence-electron chi connectivity index (χ3n) is 4.68. The predicted molar refractivity (Wildman–Crippen MR) is 121 cm³/mol. The Labute approximate surface area is 181 Å². The normalized spacial score (nSPS) is 16.3. The van der Waals surface area contributed by atoms with Crippen LogP contribution >= 0.6 is 11.6 Å². The zero-order valence-corrected chi connectivity index (χ0v) is 17.9. The van der Waals surface area contributed by atoms with Crippen molar-refractivity contribution in [3.63, 3.8) is 0 Å². The summed E-state index contributed by atoms with van der Waals surface area (Å²) in [5.74, 6) is 1.22. The van der Waals surface area contributed by atoms with Crippen LogP contribution < -0.4 is 25.6 Å². The third-order valence-corrected chi connectivity index (χ3v) is 4.92. The number of ether oxygens (including phenoxy) is 1. The average Bonchev–Trinajstić information content (AvgIpc) is 3.21. The van der Waals surface area contributed by atoms with Gasteiger partial charge in [-0.3, -0.25) is 9.78 Å². The molecule has 2 heterocycles. The molecule has 160 valence electrons. The monoisotopic (exact) mass is 430 g/mol. The maximum Gasteiger partial charge on any atom is 0.246 e. The highest BCUT2D eigenvalue weighted by atomic mass is 35.5. The van der Waals surface area contributed by atoms with E-state index >= 15 is 0 Å². The van der Waals surface area contributed by atoms with Crippen LogP contribution in [0.5, 0.6) is 5.75 Å². The van der Waals surface area contributed by atoms with Crippen molar-refractivity contribution < 1.29 is 9.53 Å². The van der Waals surface area contributed by atoms with E-state index in [1.165, 1.54) is 0 Å². The lowest BCUT2D eigenvalue weighted by molar-refractivity contribution is -0.114. The van der Waals surface area contributed by atoms with Crippen molar-refractivity contribution >= 4 is 34.8 Å². The van der Waals surface area contributed by atoms with E-state index in [1.54, 1.807) is 31.6 Å². The molecule has 1 aliphatic rings. The van der Waals surface area contributed by atoms with E-state index in [9.17, 15) is 4.79 Å². The summed E-state index contributed by atoms with van der Waals surface area (Å²) in [7, 11) is 1.66. The number of pyridine rings is 1. The van der Waals surface area contributed by atoms with Gasteiger partial charge < -0.3 is 25.6 Å². The smallest absolute Gasteiger partial charge is 0.246 e. The number of carbonyl (C=O) groups excluding carboxylic acids is 1. The lowest BCUT2D eigenvalue weighted by atomic mass is 10.2. The minimum Gasteiger partial charge on any atom is -0.495 e. The number of anilines is 2. The van der Waals surface area contributed by atoms with Gasteiger partial charge in [0.25, 0.3) is 0 Å². The summed E-state index contributed by atoms with van der Waals surface area (Å²) in [6.45, 7) is 4.36. The summed E-state index contributed by atoms with van der Waals surface area (Å²) >= 11 is 6.17. The molecule has 0 aliphatic carbocycles. The highest BCUT2D eigenvalue weighted by Gasteiger charge is 2.25. The Bertz CT molecular complexity index is 877. The number of hydrogen-bond donors (Lipinski definition) is 3. The highest BCUT2D eigenvalue weighted by Crippen LogP contribution is 2.33. The minimum atomic E-state index is -0.197. The fraction of sp³-hybridized carbons (Fsp3) is 0.381. The van der Waals surface area contributed by atoms with Crippen LogP contribution in [0.1, 0.15) is 13.3 Å². The van der Waals surface area contributed by atoms with Crippen LogP contribution in [-0.2, 0) is 4.79 Å². The number of nitrogens with one attached hydrogen (secondary N) is 3. The molecule has 1 fully saturated rings. The van der Waals surface area contributed by atoms with E-state index < -0.39 is 0 Å². The van der Waals surface area contributed by atoms with Crippen molar-refractivity contribution in [3.05, 3.63) is 47.7 Å². The first-order chi connectivity index (χ1) is 14.6. The zero-order chi connectivity index (χ0) is 21.3. The molecule has 0 bridgehead atoms. The van der Waals surface area contributed by atoms with Crippen molar-refractivity contribution in [2.24, 2.45) is 4.99 Å². The van der Waals surface area contributed by atoms with Gasteiger partial charge in [-0.05, 0) is 43.7 Å². The maximum atomic E-state index is 12.2. The highest BCUT2D eigenvalue weighted by molar-refractivity contribution is 6.30. The van der Waals surface area contributed by atoms with E-state index in [0.29, 0.717) is 23.2 Å². The van der Waals surface area contributed by atoms with Crippen molar-refractivity contribution in [1.29, 1.82) is 0 Å². The van der Waals surface area contributed by atoms with Crippen LogP contribution in [0.3, 0.4) is 0 Å². The third kappa shape index (κ3) is 6.00. The molecule has 1 unspecified atom stereocenters. The van der Waals surface area contributed by atoms with Gasteiger partial charge in [0.05, 0.1) is 24.7 Å². The Hall–Kier alpha value is -3.00. The zero-order valence-electron chi connectivity index (χ0n) is 17.2. The Kier molecular flexibility index (Phi) is 7.73. The van der Waals surface area contributed by atoms with Gasteiger partial charge in [0.2, 0.25) is 5.91 Å². The van der Waals surface area contributed by atoms with Gasteiger partial charge >= 0.3 is 0 Å². The molecule has 0 radical (unpaired) electrons. The second-order valence-electron chi connectivity index (χ2n) is 6.88. The molecule has 1 atom stereocenters. The first-order valence-corrected chi connectivity index (χ1v) is 10.3. The summed E-state index contributed by atoms with van der Waals surface area (Å²) in [5.41, 5.74) is 1.63. The number of hydrogen-bond acceptors (Lipinski definition) is 5. The van der Waals surface area contributed by atoms with Gasteiger partial charge in [-0.25, -0.2) is 4.99 Å². The van der Waals surface area contributed by atoms with Gasteiger partial charge in [0.15, 0.2) is 5.96 Å². The number of rotatable bonds is 7. The molecular formula is C21H27ClN6O2. The Morgan fingerprint density at radius 3 is 3.00 bits per heavy atom. The van der Waals surface area contributed by atoms with E-state index in [2.05, 4.69) is 30.8 Å². The summed E-state index contributed by atoms with van der Waals surface area (Å²) < 4.78 is 5.48. The van der Waals surface area contributed by atoms with Gasteiger partial charge in [0.1, 0.15) is 12.3 Å². The molecule has 2 aromatic rings. The standard InChI is InChI=1S/C21H27ClN6O2/c1-3-24-21(25-13-20(29)26-16-5-4-9-23-12-16)27-17-8-10-28(14-17)18-11-15(22)6-7-19(18)30-2/h4-7,9,11-12,17H,3,8,10,13-14H2,1-2H3,(H,26,29)(H2,24,25,27). The number of aliphatic imine (C=N–C) groups is 1. The van der Waals surface area contributed by atoms with E-state index in [-0.39, 0.29) is 18.5 Å². The van der Waals surface area contributed by atoms with Crippen molar-refractivity contribution in [2.75, 3.05) is 43.5 Å². The Balaban J connectivity index is 1.58. The summed E-state index contributed by atoms with van der Waals surface area (Å²) in [6.07, 6.45) is 4.19. The second kappa shape index (κ2) is 10.7. The van der Waals surface area contributed by atoms with Gasteiger partial charge in [-0.2, -0.15) is 0 Å². The van der Waals surface area contributed by atoms with Crippen LogP contribution in [0.2, 0.25) is 5.02 Å². The molecule has 9 heteroatoms. The predicted octanol–water partition coefficient (Wildman–Crippen LogP) is 2.52. The molecule has 0 saturated carbocycles. The van der Waals surface area contributed by atoms with Gasteiger partial charge in [-0.1, -0.05) is 11.6 Å². The molecule has 30 heavy (non-hydrogen) atoms. The summed E-state index contributed by atoms with van der Waals surface area (Å²) in [4.78, 5) is 22.8. The van der Waals surface area contributed by atoms with E-state index in [0.717, 1.165) is 30.9 Å². The van der Waals surface area contributed by atoms with Gasteiger partial charge in [0, 0.05) is 36.9 Å². The molecule has 1 aromatic carbocycles. The number of carbonyl (C=O) groups is 1. The van der Waals surface area contributed by atoms with Gasteiger partial charge in [-0.15, -0.1) is 0 Å². The van der Waals surface area contributed by atoms with Crippen LogP contribution in [0.15, 0.2) is 47.7 Å². The number of halogens is 1. The van der Waals surface area contributed by atoms with Crippen LogP contribution in [0.25, 0.3) is 0 Å². The first kappa shape index (κ1) is 21.7. The number of aromatic nitrogens is 1. The number of methoxy groups -OCH3 is 1. The fourth-order valence-electron chi connectivity index (χ4n) is 3.31. The molecule has 1 aromatic heterocycles. The first-order valence-electron chi connectivity index (χ1n) is 9.92. The molecule has 1 saturated heterocycles. The maximum absolute atomic E-state index is 12.2. The topological polar surface area (TPSA) is 90.9 Å². The summed E-state index contributed by atoms with van der Waals surface area (Å²) in [6, 6.07) is 9.37. The Morgan fingerprint density at radius 1 is 1.40 bits per heavy atom. The minimum absolute atomic E-state index is 0.0166. The molecule has 1 aliphatic heterocycles. The van der Waals surface area contributed by atoms with Crippen LogP contribution in [0.4, 0.5) is 11.4 Å². The number of benzene rings is 1. The molecule has 3 N–H and O–H groups in total. The van der Waals surface area contributed by atoms with Crippen LogP contribution in [0, 0.1) is 0 Å². The fourth-order valence-corrected chi connectivity index (χ4v) is 3.47. The average molecular weight is 431 g/mol. The van der Waals surface area contributed by atoms with E-state index in [4.69, 9.17) is 16.3 Å². The molecule has 0 spiro atoms. The van der Waals surface area contributed by atoms with Crippen molar-refractivity contribution in [3.8, 4) is 5.75 Å². The summed E-state index contributed by atoms with van der Waals surface area (Å²) in [5, 5.41) is 10.1. The molecule has 3 rings (SSSR count). The molecule has 1 amide bonds. The van der Waals surface area contributed by atoms with E-state index in [1.807, 2.05) is 25.1 Å². The second-order valence-corrected chi connectivity index (χ2v) is 7.31. The molecular weight excluding hydrogens is 404 g/mol. The lowest BCUT2D eigenvalue weighted by Gasteiger charge is -2.22. The number of guanidine groups is 1. The van der Waals surface area contributed by atoms with Crippen molar-refractivity contribution in [2.45, 2.75) is 19.4 Å². The molecule has 8 nitrogen and oxygen atoms in total.